The number of nitrogens with zero attached hydrogens (tertiary/aromatic N) is 2. The summed E-state index contributed by atoms with van der Waals surface area (Å²) in [7, 11) is 6.00. The van der Waals surface area contributed by atoms with Crippen LogP contribution >= 0.6 is 27.5 Å². The average molecular weight is 358 g/mol. The van der Waals surface area contributed by atoms with Gasteiger partial charge in [-0.2, -0.15) is 0 Å². The van der Waals surface area contributed by atoms with Crippen molar-refractivity contribution in [3.8, 4) is 0 Å². The van der Waals surface area contributed by atoms with Crippen molar-refractivity contribution in [1.82, 2.24) is 9.47 Å². The lowest BCUT2D eigenvalue weighted by atomic mass is 10.2. The number of aromatic nitrogens is 1. The van der Waals surface area contributed by atoms with Crippen molar-refractivity contribution >= 4 is 27.5 Å². The maximum Gasteiger partial charge on any atom is 0.251 e. The molecule has 1 aromatic carbocycles. The Bertz CT molecular complexity index is 608. The third kappa shape index (κ3) is 6.37. The topological polar surface area (TPSA) is 25.2 Å². The molecule has 0 saturated heterocycles. The lowest BCUT2D eigenvalue weighted by Gasteiger charge is -2.05. The SMILES string of the molecule is CN(C)C.O=c1cc(Br)ccn1Cc1cccc(Cl)c1. The highest BCUT2D eigenvalue weighted by molar-refractivity contribution is 9.10. The maximum atomic E-state index is 11.6. The van der Waals surface area contributed by atoms with Gasteiger partial charge in [0.25, 0.3) is 5.56 Å². The minimum absolute atomic E-state index is 0.0330. The summed E-state index contributed by atoms with van der Waals surface area (Å²) in [6.45, 7) is 0.534. The van der Waals surface area contributed by atoms with Gasteiger partial charge in [-0.1, -0.05) is 39.7 Å². The van der Waals surface area contributed by atoms with Crippen molar-refractivity contribution in [3.63, 3.8) is 0 Å². The fraction of sp³-hybridized carbons (Fsp3) is 0.267. The Hall–Kier alpha value is -1.10. The van der Waals surface area contributed by atoms with Gasteiger partial charge in [-0.05, 0) is 44.9 Å². The molecule has 0 saturated carbocycles. The van der Waals surface area contributed by atoms with Crippen molar-refractivity contribution in [2.75, 3.05) is 21.1 Å². The quantitative estimate of drug-likeness (QED) is 0.822. The van der Waals surface area contributed by atoms with Crippen molar-refractivity contribution in [2.24, 2.45) is 0 Å². The second-order valence-electron chi connectivity index (χ2n) is 4.78. The molecule has 2 aromatic rings. The van der Waals surface area contributed by atoms with Crippen molar-refractivity contribution in [3.05, 3.63) is 68.0 Å². The van der Waals surface area contributed by atoms with E-state index in [1.165, 1.54) is 0 Å². The van der Waals surface area contributed by atoms with Crippen LogP contribution in [0, 0.1) is 0 Å². The Kier molecular flexibility index (Phi) is 6.99. The van der Waals surface area contributed by atoms with Crippen LogP contribution in [0.15, 0.2) is 51.9 Å². The standard InChI is InChI=1S/C12H9BrClNO.C3H9N/c13-10-4-5-15(12(16)7-10)8-9-2-1-3-11(14)6-9;1-4(2)3/h1-7H,8H2;1-3H3. The van der Waals surface area contributed by atoms with Crippen LogP contribution in [-0.2, 0) is 6.54 Å². The first-order valence-corrected chi connectivity index (χ1v) is 7.27. The number of hydrogen-bond acceptors (Lipinski definition) is 2. The van der Waals surface area contributed by atoms with Gasteiger partial charge in [0.1, 0.15) is 0 Å². The molecule has 108 valence electrons. The van der Waals surface area contributed by atoms with E-state index in [-0.39, 0.29) is 5.56 Å². The van der Waals surface area contributed by atoms with E-state index in [9.17, 15) is 4.79 Å². The smallest absolute Gasteiger partial charge is 0.251 e. The first-order chi connectivity index (χ1) is 9.38. The van der Waals surface area contributed by atoms with Crippen molar-refractivity contribution in [2.45, 2.75) is 6.54 Å². The molecule has 0 amide bonds. The summed E-state index contributed by atoms with van der Waals surface area (Å²) in [5.74, 6) is 0. The normalized spacial score (nSPS) is 10.1. The number of pyridine rings is 1. The molecule has 5 heteroatoms. The second kappa shape index (κ2) is 8.25. The van der Waals surface area contributed by atoms with E-state index >= 15 is 0 Å². The molecule has 1 heterocycles. The molecule has 0 spiro atoms. The van der Waals surface area contributed by atoms with Gasteiger partial charge in [-0.3, -0.25) is 4.79 Å². The van der Waals surface area contributed by atoms with Crippen LogP contribution < -0.4 is 5.56 Å². The van der Waals surface area contributed by atoms with Crippen LogP contribution in [0.1, 0.15) is 5.56 Å². The molecule has 2 rings (SSSR count). The van der Waals surface area contributed by atoms with Crippen LogP contribution in [-0.4, -0.2) is 30.6 Å². The van der Waals surface area contributed by atoms with E-state index in [1.807, 2.05) is 56.4 Å². The third-order valence-corrected chi connectivity index (χ3v) is 2.93. The molecule has 0 aliphatic rings. The number of halogens is 2. The molecule has 1 aromatic heterocycles. The highest BCUT2D eigenvalue weighted by atomic mass is 79.9. The molecule has 0 aliphatic heterocycles. The van der Waals surface area contributed by atoms with Crippen LogP contribution in [0.3, 0.4) is 0 Å². The summed E-state index contributed by atoms with van der Waals surface area (Å²) >= 11 is 9.14. The molecule has 0 unspecified atom stereocenters. The fourth-order valence-electron chi connectivity index (χ4n) is 1.45. The molecule has 0 atom stereocenters. The van der Waals surface area contributed by atoms with Gasteiger partial charge < -0.3 is 9.47 Å². The summed E-state index contributed by atoms with van der Waals surface area (Å²) in [4.78, 5) is 13.6. The molecule has 3 nitrogen and oxygen atoms in total. The molecular formula is C15H18BrClN2O. The van der Waals surface area contributed by atoms with E-state index in [0.717, 1.165) is 10.0 Å². The van der Waals surface area contributed by atoms with Gasteiger partial charge in [-0.15, -0.1) is 0 Å². The summed E-state index contributed by atoms with van der Waals surface area (Å²) in [5.41, 5.74) is 0.978. The zero-order chi connectivity index (χ0) is 15.1. The summed E-state index contributed by atoms with van der Waals surface area (Å²) in [6.07, 6.45) is 1.76. The zero-order valence-corrected chi connectivity index (χ0v) is 14.1. The van der Waals surface area contributed by atoms with E-state index < -0.39 is 0 Å². The Morgan fingerprint density at radius 2 is 1.85 bits per heavy atom. The first-order valence-electron chi connectivity index (χ1n) is 6.10. The lowest BCUT2D eigenvalue weighted by Crippen LogP contribution is -2.18. The van der Waals surface area contributed by atoms with Gasteiger partial charge in [-0.25, -0.2) is 0 Å². The number of benzene rings is 1. The molecule has 0 radical (unpaired) electrons. The Balaban J connectivity index is 0.000000444. The van der Waals surface area contributed by atoms with E-state index in [0.29, 0.717) is 11.6 Å². The molecule has 20 heavy (non-hydrogen) atoms. The van der Waals surface area contributed by atoms with Gasteiger partial charge in [0.15, 0.2) is 0 Å². The number of rotatable bonds is 2. The zero-order valence-electron chi connectivity index (χ0n) is 11.8. The van der Waals surface area contributed by atoms with Crippen LogP contribution in [0.4, 0.5) is 0 Å². The van der Waals surface area contributed by atoms with E-state index in [1.54, 1.807) is 16.8 Å². The minimum Gasteiger partial charge on any atom is -0.312 e. The highest BCUT2D eigenvalue weighted by Gasteiger charge is 1.99. The van der Waals surface area contributed by atoms with Gasteiger partial charge in [0.2, 0.25) is 0 Å². The van der Waals surface area contributed by atoms with E-state index in [2.05, 4.69) is 15.9 Å². The van der Waals surface area contributed by atoms with Gasteiger partial charge in [0.05, 0.1) is 6.54 Å². The van der Waals surface area contributed by atoms with Crippen molar-refractivity contribution in [1.29, 1.82) is 0 Å². The second-order valence-corrected chi connectivity index (χ2v) is 6.13. The summed E-state index contributed by atoms with van der Waals surface area (Å²) in [5, 5.41) is 0.683. The maximum absolute atomic E-state index is 11.6. The van der Waals surface area contributed by atoms with Crippen molar-refractivity contribution < 1.29 is 0 Å². The Morgan fingerprint density at radius 1 is 1.20 bits per heavy atom. The largest absolute Gasteiger partial charge is 0.312 e. The monoisotopic (exact) mass is 356 g/mol. The first kappa shape index (κ1) is 17.0. The molecular weight excluding hydrogens is 340 g/mol. The van der Waals surface area contributed by atoms with Crippen LogP contribution in [0.5, 0.6) is 0 Å². The molecule has 0 bridgehead atoms. The Labute approximate surface area is 132 Å². The predicted octanol–water partition coefficient (Wildman–Crippen LogP) is 3.49. The van der Waals surface area contributed by atoms with E-state index in [4.69, 9.17) is 11.6 Å². The van der Waals surface area contributed by atoms with Gasteiger partial charge in [0, 0.05) is 21.8 Å². The molecule has 0 aliphatic carbocycles. The lowest BCUT2D eigenvalue weighted by molar-refractivity contribution is 0.505. The molecule has 0 N–H and O–H groups in total. The summed E-state index contributed by atoms with van der Waals surface area (Å²) < 4.78 is 2.43. The van der Waals surface area contributed by atoms with Crippen LogP contribution in [0.2, 0.25) is 5.02 Å². The van der Waals surface area contributed by atoms with Crippen LogP contribution in [0.25, 0.3) is 0 Å². The Morgan fingerprint density at radius 3 is 2.40 bits per heavy atom. The fourth-order valence-corrected chi connectivity index (χ4v) is 1.97. The number of hydrogen-bond donors (Lipinski definition) is 0. The van der Waals surface area contributed by atoms with Gasteiger partial charge >= 0.3 is 0 Å². The summed E-state index contributed by atoms with van der Waals surface area (Å²) in [6, 6.07) is 10.9. The molecule has 0 fully saturated rings. The average Bonchev–Trinajstić information content (AvgIpc) is 2.32. The highest BCUT2D eigenvalue weighted by Crippen LogP contribution is 2.11. The minimum atomic E-state index is -0.0330. The predicted molar refractivity (Wildman–Crippen MR) is 88.6 cm³/mol. The third-order valence-electron chi connectivity index (χ3n) is 2.20.